The molecule has 2 heteroatoms. The van der Waals surface area contributed by atoms with Crippen LogP contribution < -0.4 is 5.73 Å². The molecule has 2 aromatic carbocycles. The number of nitrogens with two attached hydrogens (primary N) is 1. The first-order valence-corrected chi connectivity index (χ1v) is 5.32. The predicted molar refractivity (Wildman–Crippen MR) is 64.9 cm³/mol. The van der Waals surface area contributed by atoms with Crippen molar-refractivity contribution >= 4 is 0 Å². The van der Waals surface area contributed by atoms with Crippen molar-refractivity contribution in [2.45, 2.75) is 12.1 Å². The molecule has 0 saturated heterocycles. The summed E-state index contributed by atoms with van der Waals surface area (Å²) < 4.78 is 0. The second-order valence-corrected chi connectivity index (χ2v) is 3.79. The molecule has 0 bridgehead atoms. The van der Waals surface area contributed by atoms with Gasteiger partial charge in [-0.25, -0.2) is 0 Å². The van der Waals surface area contributed by atoms with Crippen molar-refractivity contribution in [3.63, 3.8) is 0 Å². The fourth-order valence-corrected chi connectivity index (χ4v) is 1.91. The number of rotatable bonds is 3. The van der Waals surface area contributed by atoms with E-state index in [1.807, 2.05) is 60.7 Å². The molecule has 0 aromatic heterocycles. The molecule has 16 heavy (non-hydrogen) atoms. The highest BCUT2D eigenvalue weighted by Gasteiger charge is 2.19. The Kier molecular flexibility index (Phi) is 3.34. The Balaban J connectivity index is 2.40. The topological polar surface area (TPSA) is 46.2 Å². The zero-order valence-electron chi connectivity index (χ0n) is 8.95. The second-order valence-electron chi connectivity index (χ2n) is 3.79. The first-order chi connectivity index (χ1) is 7.79. The van der Waals surface area contributed by atoms with Gasteiger partial charge >= 0.3 is 0 Å². The first kappa shape index (κ1) is 10.9. The van der Waals surface area contributed by atoms with Crippen molar-refractivity contribution in [2.24, 2.45) is 5.73 Å². The minimum absolute atomic E-state index is 0.164. The van der Waals surface area contributed by atoms with Crippen LogP contribution >= 0.6 is 0 Å². The van der Waals surface area contributed by atoms with Crippen LogP contribution in [-0.4, -0.2) is 11.3 Å². The Morgan fingerprint density at radius 2 is 1.12 bits per heavy atom. The van der Waals surface area contributed by atoms with E-state index in [4.69, 9.17) is 5.73 Å². The van der Waals surface area contributed by atoms with Crippen molar-refractivity contribution < 1.29 is 5.11 Å². The summed E-state index contributed by atoms with van der Waals surface area (Å²) in [5, 5.41) is 9.70. The molecule has 0 fully saturated rings. The highest BCUT2D eigenvalue weighted by atomic mass is 16.3. The molecule has 1 atom stereocenters. The first-order valence-electron chi connectivity index (χ1n) is 5.32. The standard InChI is InChI=1S/C14H15NO/c15-14(16)13(11-7-3-1-4-8-11)12-9-5-2-6-10-12/h1-10,13-14,16H,15H2. The van der Waals surface area contributed by atoms with Gasteiger partial charge in [-0.15, -0.1) is 0 Å². The van der Waals surface area contributed by atoms with E-state index in [2.05, 4.69) is 0 Å². The maximum absolute atomic E-state index is 9.70. The van der Waals surface area contributed by atoms with E-state index in [0.29, 0.717) is 0 Å². The van der Waals surface area contributed by atoms with E-state index in [-0.39, 0.29) is 5.92 Å². The Morgan fingerprint density at radius 3 is 1.44 bits per heavy atom. The molecular weight excluding hydrogens is 198 g/mol. The maximum Gasteiger partial charge on any atom is 0.113 e. The quantitative estimate of drug-likeness (QED) is 0.767. The van der Waals surface area contributed by atoms with Gasteiger partial charge in [0.15, 0.2) is 0 Å². The SMILES string of the molecule is NC(O)C(c1ccccc1)c1ccccc1. The number of hydrogen-bond donors (Lipinski definition) is 2. The molecule has 0 spiro atoms. The van der Waals surface area contributed by atoms with Crippen LogP contribution in [0.4, 0.5) is 0 Å². The van der Waals surface area contributed by atoms with Gasteiger partial charge in [0.25, 0.3) is 0 Å². The van der Waals surface area contributed by atoms with Crippen LogP contribution in [0.15, 0.2) is 60.7 Å². The Hall–Kier alpha value is -1.64. The molecule has 2 rings (SSSR count). The van der Waals surface area contributed by atoms with Crippen LogP contribution in [0.1, 0.15) is 17.0 Å². The monoisotopic (exact) mass is 213 g/mol. The molecule has 3 N–H and O–H groups in total. The minimum atomic E-state index is -0.884. The summed E-state index contributed by atoms with van der Waals surface area (Å²) in [6, 6.07) is 19.6. The summed E-state index contributed by atoms with van der Waals surface area (Å²) in [5.41, 5.74) is 7.72. The molecule has 0 saturated carbocycles. The van der Waals surface area contributed by atoms with Gasteiger partial charge in [0, 0.05) is 5.92 Å². The molecular formula is C14H15NO. The number of aliphatic hydroxyl groups is 1. The van der Waals surface area contributed by atoms with Crippen molar-refractivity contribution in [3.05, 3.63) is 71.8 Å². The van der Waals surface area contributed by atoms with Crippen LogP contribution in [-0.2, 0) is 0 Å². The van der Waals surface area contributed by atoms with Crippen LogP contribution in [0.3, 0.4) is 0 Å². The van der Waals surface area contributed by atoms with E-state index in [1.54, 1.807) is 0 Å². The number of benzene rings is 2. The Bertz CT molecular complexity index is 386. The van der Waals surface area contributed by atoms with Gasteiger partial charge in [0.2, 0.25) is 0 Å². The van der Waals surface area contributed by atoms with E-state index < -0.39 is 6.23 Å². The summed E-state index contributed by atoms with van der Waals surface area (Å²) in [6.07, 6.45) is -0.884. The lowest BCUT2D eigenvalue weighted by molar-refractivity contribution is 0.164. The van der Waals surface area contributed by atoms with Crippen LogP contribution in [0.2, 0.25) is 0 Å². The third-order valence-corrected chi connectivity index (χ3v) is 2.66. The van der Waals surface area contributed by atoms with Gasteiger partial charge in [0.1, 0.15) is 6.23 Å². The van der Waals surface area contributed by atoms with E-state index >= 15 is 0 Å². The average Bonchev–Trinajstić information content (AvgIpc) is 2.31. The molecule has 2 nitrogen and oxygen atoms in total. The largest absolute Gasteiger partial charge is 0.378 e. The van der Waals surface area contributed by atoms with Crippen LogP contribution in [0.25, 0.3) is 0 Å². The fraction of sp³-hybridized carbons (Fsp3) is 0.143. The zero-order valence-corrected chi connectivity index (χ0v) is 8.95. The highest BCUT2D eigenvalue weighted by molar-refractivity contribution is 5.33. The zero-order chi connectivity index (χ0) is 11.4. The summed E-state index contributed by atoms with van der Waals surface area (Å²) in [6.45, 7) is 0. The Morgan fingerprint density at radius 1 is 0.750 bits per heavy atom. The smallest absolute Gasteiger partial charge is 0.113 e. The van der Waals surface area contributed by atoms with Gasteiger partial charge < -0.3 is 10.8 Å². The van der Waals surface area contributed by atoms with Gasteiger partial charge in [-0.05, 0) is 11.1 Å². The van der Waals surface area contributed by atoms with Gasteiger partial charge in [0.05, 0.1) is 0 Å². The van der Waals surface area contributed by atoms with Crippen LogP contribution in [0.5, 0.6) is 0 Å². The second kappa shape index (κ2) is 4.92. The molecule has 0 aliphatic rings. The average molecular weight is 213 g/mol. The molecule has 0 heterocycles. The molecule has 0 amide bonds. The van der Waals surface area contributed by atoms with Crippen molar-refractivity contribution in [1.82, 2.24) is 0 Å². The van der Waals surface area contributed by atoms with E-state index in [9.17, 15) is 5.11 Å². The Labute approximate surface area is 95.4 Å². The molecule has 82 valence electrons. The fourth-order valence-electron chi connectivity index (χ4n) is 1.91. The van der Waals surface area contributed by atoms with E-state index in [1.165, 1.54) is 0 Å². The lowest BCUT2D eigenvalue weighted by atomic mass is 9.90. The molecule has 1 unspecified atom stereocenters. The summed E-state index contributed by atoms with van der Waals surface area (Å²) in [4.78, 5) is 0. The molecule has 0 aliphatic carbocycles. The maximum atomic E-state index is 9.70. The van der Waals surface area contributed by atoms with Crippen LogP contribution in [0, 0.1) is 0 Å². The lowest BCUT2D eigenvalue weighted by Crippen LogP contribution is -2.28. The molecule has 2 aromatic rings. The number of aliphatic hydroxyl groups excluding tert-OH is 1. The van der Waals surface area contributed by atoms with Crippen molar-refractivity contribution in [2.75, 3.05) is 0 Å². The third-order valence-electron chi connectivity index (χ3n) is 2.66. The van der Waals surface area contributed by atoms with Crippen molar-refractivity contribution in [3.8, 4) is 0 Å². The summed E-state index contributed by atoms with van der Waals surface area (Å²) in [7, 11) is 0. The van der Waals surface area contributed by atoms with Gasteiger partial charge in [-0.3, -0.25) is 0 Å². The van der Waals surface area contributed by atoms with Gasteiger partial charge in [-0.1, -0.05) is 60.7 Å². The third kappa shape index (κ3) is 2.30. The minimum Gasteiger partial charge on any atom is -0.378 e. The number of hydrogen-bond acceptors (Lipinski definition) is 2. The predicted octanol–water partition coefficient (Wildman–Crippen LogP) is 2.10. The lowest BCUT2D eigenvalue weighted by Gasteiger charge is -2.20. The highest BCUT2D eigenvalue weighted by Crippen LogP contribution is 2.25. The van der Waals surface area contributed by atoms with Gasteiger partial charge in [-0.2, -0.15) is 0 Å². The molecule has 0 aliphatic heterocycles. The van der Waals surface area contributed by atoms with Crippen molar-refractivity contribution in [1.29, 1.82) is 0 Å². The normalized spacial score (nSPS) is 12.7. The summed E-state index contributed by atoms with van der Waals surface area (Å²) >= 11 is 0. The van der Waals surface area contributed by atoms with E-state index in [0.717, 1.165) is 11.1 Å². The molecule has 0 radical (unpaired) electrons. The summed E-state index contributed by atoms with van der Waals surface area (Å²) in [5.74, 6) is -0.164.